The van der Waals surface area contributed by atoms with Gasteiger partial charge in [-0.15, -0.1) is 0 Å². The molecule has 2 aliphatic rings. The van der Waals surface area contributed by atoms with Crippen molar-refractivity contribution >= 4 is 10.0 Å². The second-order valence-electron chi connectivity index (χ2n) is 5.16. The molecule has 0 radical (unpaired) electrons. The standard InChI is InChI=1S/C11H18N4O4S/c1-7-12-11(14-13-7)10-3-8(18-2)4-15(10)20(16,17)9-5-19-6-9/h8-10H,3-6H2,1-2H3,(H,12,13,14)/t8-,10+/m1/s1. The van der Waals surface area contributed by atoms with Crippen LogP contribution in [0.1, 0.15) is 24.1 Å². The summed E-state index contributed by atoms with van der Waals surface area (Å²) in [6, 6.07) is -0.365. The second-order valence-corrected chi connectivity index (χ2v) is 7.33. The van der Waals surface area contributed by atoms with Crippen molar-refractivity contribution in [1.82, 2.24) is 19.5 Å². The zero-order chi connectivity index (χ0) is 14.3. The fraction of sp³-hybridized carbons (Fsp3) is 0.818. The minimum absolute atomic E-state index is 0.130. The molecule has 2 aliphatic heterocycles. The van der Waals surface area contributed by atoms with Gasteiger partial charge in [-0.2, -0.15) is 9.40 Å². The van der Waals surface area contributed by atoms with Gasteiger partial charge in [0.25, 0.3) is 0 Å². The number of aromatic amines is 1. The minimum atomic E-state index is -3.40. The van der Waals surface area contributed by atoms with E-state index in [1.165, 1.54) is 4.31 Å². The lowest BCUT2D eigenvalue weighted by molar-refractivity contribution is 0.0386. The van der Waals surface area contributed by atoms with E-state index in [0.717, 1.165) is 0 Å². The van der Waals surface area contributed by atoms with Gasteiger partial charge in [0.2, 0.25) is 10.0 Å². The van der Waals surface area contributed by atoms with Gasteiger partial charge in [0.1, 0.15) is 11.1 Å². The topological polar surface area (TPSA) is 97.4 Å². The van der Waals surface area contributed by atoms with Crippen LogP contribution in [0, 0.1) is 6.92 Å². The molecule has 20 heavy (non-hydrogen) atoms. The molecule has 8 nitrogen and oxygen atoms in total. The molecule has 1 aromatic heterocycles. The Morgan fingerprint density at radius 1 is 1.45 bits per heavy atom. The molecule has 2 saturated heterocycles. The van der Waals surface area contributed by atoms with E-state index in [2.05, 4.69) is 15.2 Å². The number of aryl methyl sites for hydroxylation is 1. The summed E-state index contributed by atoms with van der Waals surface area (Å²) < 4.78 is 37.0. The van der Waals surface area contributed by atoms with Crippen LogP contribution in [0.5, 0.6) is 0 Å². The average Bonchev–Trinajstić information content (AvgIpc) is 2.91. The number of sulfonamides is 1. The van der Waals surface area contributed by atoms with Crippen LogP contribution in [0.3, 0.4) is 0 Å². The maximum Gasteiger partial charge on any atom is 0.222 e. The number of H-pyrrole nitrogens is 1. The molecule has 0 aromatic carbocycles. The van der Waals surface area contributed by atoms with Gasteiger partial charge < -0.3 is 9.47 Å². The van der Waals surface area contributed by atoms with Gasteiger partial charge in [-0.1, -0.05) is 0 Å². The fourth-order valence-electron chi connectivity index (χ4n) is 2.54. The molecule has 112 valence electrons. The summed E-state index contributed by atoms with van der Waals surface area (Å²) in [4.78, 5) is 4.27. The molecule has 0 amide bonds. The molecule has 2 atom stereocenters. The van der Waals surface area contributed by atoms with Crippen LogP contribution in [0.2, 0.25) is 0 Å². The molecular weight excluding hydrogens is 284 g/mol. The van der Waals surface area contributed by atoms with E-state index >= 15 is 0 Å². The number of methoxy groups -OCH3 is 1. The van der Waals surface area contributed by atoms with E-state index in [4.69, 9.17) is 9.47 Å². The number of hydrogen-bond donors (Lipinski definition) is 1. The van der Waals surface area contributed by atoms with Gasteiger partial charge in [-0.3, -0.25) is 5.10 Å². The third kappa shape index (κ3) is 2.24. The molecule has 2 fully saturated rings. The monoisotopic (exact) mass is 302 g/mol. The first-order valence-electron chi connectivity index (χ1n) is 6.52. The first-order chi connectivity index (χ1) is 9.52. The van der Waals surface area contributed by atoms with Crippen LogP contribution in [-0.2, 0) is 19.5 Å². The van der Waals surface area contributed by atoms with Crippen LogP contribution in [-0.4, -0.2) is 66.1 Å². The van der Waals surface area contributed by atoms with Crippen LogP contribution < -0.4 is 0 Å². The quantitative estimate of drug-likeness (QED) is 0.813. The molecule has 1 N–H and O–H groups in total. The van der Waals surface area contributed by atoms with Crippen molar-refractivity contribution < 1.29 is 17.9 Å². The molecule has 3 rings (SSSR count). The summed E-state index contributed by atoms with van der Waals surface area (Å²) in [6.45, 7) is 2.65. The number of nitrogens with one attached hydrogen (secondary N) is 1. The lowest BCUT2D eigenvalue weighted by Gasteiger charge is -2.32. The van der Waals surface area contributed by atoms with Crippen molar-refractivity contribution in [2.24, 2.45) is 0 Å². The summed E-state index contributed by atoms with van der Waals surface area (Å²) in [7, 11) is -1.81. The normalized spacial score (nSPS) is 28.7. The highest BCUT2D eigenvalue weighted by atomic mass is 32.2. The average molecular weight is 302 g/mol. The first-order valence-corrected chi connectivity index (χ1v) is 8.02. The Morgan fingerprint density at radius 2 is 2.20 bits per heavy atom. The lowest BCUT2D eigenvalue weighted by Crippen LogP contribution is -2.48. The van der Waals surface area contributed by atoms with Gasteiger partial charge in [0.05, 0.1) is 25.4 Å². The highest BCUT2D eigenvalue weighted by Crippen LogP contribution is 2.36. The van der Waals surface area contributed by atoms with E-state index in [9.17, 15) is 8.42 Å². The molecule has 0 aliphatic carbocycles. The van der Waals surface area contributed by atoms with Crippen molar-refractivity contribution in [3.63, 3.8) is 0 Å². The Morgan fingerprint density at radius 3 is 2.70 bits per heavy atom. The number of ether oxygens (including phenoxy) is 2. The molecular formula is C11H18N4O4S. The molecule has 0 bridgehead atoms. The Labute approximate surface area is 117 Å². The SMILES string of the molecule is CO[C@@H]1C[C@@H](c2n[nH]c(C)n2)N(S(=O)(=O)C2COC2)C1. The Bertz CT molecular complexity index is 583. The number of hydrogen-bond acceptors (Lipinski definition) is 6. The number of rotatable bonds is 4. The predicted octanol–water partition coefficient (Wildman–Crippen LogP) is -0.396. The summed E-state index contributed by atoms with van der Waals surface area (Å²) in [5, 5.41) is 6.41. The van der Waals surface area contributed by atoms with Gasteiger partial charge in [0, 0.05) is 13.7 Å². The van der Waals surface area contributed by atoms with Crippen LogP contribution in [0.15, 0.2) is 0 Å². The minimum Gasteiger partial charge on any atom is -0.380 e. The number of nitrogens with zero attached hydrogens (tertiary/aromatic N) is 3. The highest BCUT2D eigenvalue weighted by Gasteiger charge is 2.47. The predicted molar refractivity (Wildman–Crippen MR) is 69.5 cm³/mol. The smallest absolute Gasteiger partial charge is 0.222 e. The van der Waals surface area contributed by atoms with Crippen LogP contribution in [0.4, 0.5) is 0 Å². The van der Waals surface area contributed by atoms with Crippen molar-refractivity contribution in [2.45, 2.75) is 30.7 Å². The molecule has 1 aromatic rings. The highest BCUT2D eigenvalue weighted by molar-refractivity contribution is 7.89. The largest absolute Gasteiger partial charge is 0.380 e. The van der Waals surface area contributed by atoms with Gasteiger partial charge >= 0.3 is 0 Å². The van der Waals surface area contributed by atoms with Gasteiger partial charge in [-0.05, 0) is 13.3 Å². The molecule has 3 heterocycles. The molecule has 0 saturated carbocycles. The van der Waals surface area contributed by atoms with E-state index in [1.807, 2.05) is 0 Å². The van der Waals surface area contributed by atoms with E-state index in [-0.39, 0.29) is 25.4 Å². The summed E-state index contributed by atoms with van der Waals surface area (Å²) in [5.74, 6) is 1.18. The lowest BCUT2D eigenvalue weighted by atomic mass is 10.2. The summed E-state index contributed by atoms with van der Waals surface area (Å²) in [5.41, 5.74) is 0. The van der Waals surface area contributed by atoms with E-state index in [0.29, 0.717) is 24.6 Å². The third-order valence-corrected chi connectivity index (χ3v) is 5.99. The van der Waals surface area contributed by atoms with Crippen molar-refractivity contribution in [3.8, 4) is 0 Å². The number of aromatic nitrogens is 3. The van der Waals surface area contributed by atoms with E-state index in [1.54, 1.807) is 14.0 Å². The van der Waals surface area contributed by atoms with Gasteiger partial charge in [0.15, 0.2) is 5.82 Å². The zero-order valence-electron chi connectivity index (χ0n) is 11.4. The Hall–Kier alpha value is -1.03. The molecule has 0 unspecified atom stereocenters. The second kappa shape index (κ2) is 5.06. The summed E-state index contributed by atoms with van der Waals surface area (Å²) in [6.07, 6.45) is 0.440. The third-order valence-electron chi connectivity index (χ3n) is 3.82. The molecule has 0 spiro atoms. The van der Waals surface area contributed by atoms with Crippen LogP contribution >= 0.6 is 0 Å². The molecule has 9 heteroatoms. The maximum atomic E-state index is 12.6. The van der Waals surface area contributed by atoms with Gasteiger partial charge in [-0.25, -0.2) is 13.4 Å². The zero-order valence-corrected chi connectivity index (χ0v) is 12.3. The van der Waals surface area contributed by atoms with Crippen molar-refractivity contribution in [1.29, 1.82) is 0 Å². The summed E-state index contributed by atoms with van der Waals surface area (Å²) >= 11 is 0. The van der Waals surface area contributed by atoms with Crippen LogP contribution in [0.25, 0.3) is 0 Å². The van der Waals surface area contributed by atoms with Crippen molar-refractivity contribution in [2.75, 3.05) is 26.9 Å². The maximum absolute atomic E-state index is 12.6. The fourth-order valence-corrected chi connectivity index (χ4v) is 4.37. The van der Waals surface area contributed by atoms with E-state index < -0.39 is 15.3 Å². The Kier molecular flexibility index (Phi) is 3.53. The first kappa shape index (κ1) is 13.9. The Balaban J connectivity index is 1.90. The van der Waals surface area contributed by atoms with Crippen molar-refractivity contribution in [3.05, 3.63) is 11.6 Å².